The minimum Gasteiger partial charge on any atom is -0.387 e. The Hall–Kier alpha value is -0.930. The molecule has 2 heterocycles. The fourth-order valence-corrected chi connectivity index (χ4v) is 1.87. The fraction of sp³-hybridized carbons (Fsp3) is 0.545. The Morgan fingerprint density at radius 1 is 1.57 bits per heavy atom. The second kappa shape index (κ2) is 4.07. The van der Waals surface area contributed by atoms with E-state index in [1.54, 1.807) is 6.20 Å². The Kier molecular flexibility index (Phi) is 2.79. The molecule has 1 fully saturated rings. The van der Waals surface area contributed by atoms with Gasteiger partial charge >= 0.3 is 0 Å². The number of pyridine rings is 1. The van der Waals surface area contributed by atoms with E-state index in [1.165, 1.54) is 0 Å². The largest absolute Gasteiger partial charge is 0.387 e. The van der Waals surface area contributed by atoms with Gasteiger partial charge in [-0.05, 0) is 32.4 Å². The van der Waals surface area contributed by atoms with Crippen LogP contribution >= 0.6 is 0 Å². The van der Waals surface area contributed by atoms with Crippen molar-refractivity contribution in [2.45, 2.75) is 31.9 Å². The molecule has 2 rings (SSSR count). The van der Waals surface area contributed by atoms with Gasteiger partial charge in [0.2, 0.25) is 0 Å². The van der Waals surface area contributed by atoms with E-state index in [9.17, 15) is 5.11 Å². The van der Waals surface area contributed by atoms with Crippen LogP contribution in [0.4, 0.5) is 0 Å². The van der Waals surface area contributed by atoms with Crippen molar-refractivity contribution in [3.05, 3.63) is 29.6 Å². The molecule has 2 atom stereocenters. The van der Waals surface area contributed by atoms with Crippen LogP contribution in [0.5, 0.6) is 0 Å². The summed E-state index contributed by atoms with van der Waals surface area (Å²) in [5.41, 5.74) is 1.90. The molecule has 3 heteroatoms. The summed E-state index contributed by atoms with van der Waals surface area (Å²) in [5, 5.41) is 13.3. The average Bonchev–Trinajstić information content (AvgIpc) is 2.71. The first-order chi connectivity index (χ1) is 6.77. The number of hydrogen-bond acceptors (Lipinski definition) is 3. The lowest BCUT2D eigenvalue weighted by Crippen LogP contribution is -2.28. The molecular weight excluding hydrogens is 176 g/mol. The molecule has 0 saturated carbocycles. The standard InChI is InChI=1S/C11H16N2O/c1-8-4-5-9(7-13-8)11(14)10-3-2-6-12-10/h4-5,7,10-12,14H,2-3,6H2,1H3/t10-,11?/m1/s1. The summed E-state index contributed by atoms with van der Waals surface area (Å²) in [6.07, 6.45) is 3.56. The minimum absolute atomic E-state index is 0.208. The van der Waals surface area contributed by atoms with Crippen LogP contribution in [-0.4, -0.2) is 22.7 Å². The third kappa shape index (κ3) is 1.94. The topological polar surface area (TPSA) is 45.1 Å². The maximum absolute atomic E-state index is 10.0. The smallest absolute Gasteiger partial charge is 0.0957 e. The summed E-state index contributed by atoms with van der Waals surface area (Å²) in [7, 11) is 0. The number of nitrogens with one attached hydrogen (secondary N) is 1. The Labute approximate surface area is 84.2 Å². The zero-order valence-corrected chi connectivity index (χ0v) is 8.40. The Bertz CT molecular complexity index is 291. The number of aliphatic hydroxyl groups is 1. The van der Waals surface area contributed by atoms with Gasteiger partial charge in [-0.1, -0.05) is 6.07 Å². The predicted molar refractivity (Wildman–Crippen MR) is 55.0 cm³/mol. The lowest BCUT2D eigenvalue weighted by molar-refractivity contribution is 0.137. The van der Waals surface area contributed by atoms with Crippen molar-refractivity contribution >= 4 is 0 Å². The predicted octanol–water partition coefficient (Wildman–Crippen LogP) is 1.18. The zero-order valence-electron chi connectivity index (χ0n) is 8.40. The van der Waals surface area contributed by atoms with Gasteiger partial charge in [0, 0.05) is 23.5 Å². The molecular formula is C11H16N2O. The van der Waals surface area contributed by atoms with Crippen molar-refractivity contribution < 1.29 is 5.11 Å². The molecule has 3 nitrogen and oxygen atoms in total. The van der Waals surface area contributed by atoms with Gasteiger partial charge in [-0.3, -0.25) is 4.98 Å². The van der Waals surface area contributed by atoms with Crippen LogP contribution in [0.2, 0.25) is 0 Å². The van der Waals surface area contributed by atoms with Crippen molar-refractivity contribution in [2.24, 2.45) is 0 Å². The fourth-order valence-electron chi connectivity index (χ4n) is 1.87. The highest BCUT2D eigenvalue weighted by molar-refractivity contribution is 5.17. The SMILES string of the molecule is Cc1ccc(C(O)[C@H]2CCCN2)cn1. The first-order valence-electron chi connectivity index (χ1n) is 5.11. The minimum atomic E-state index is -0.411. The van der Waals surface area contributed by atoms with Crippen LogP contribution in [-0.2, 0) is 0 Å². The van der Waals surface area contributed by atoms with Gasteiger partial charge in [-0.15, -0.1) is 0 Å². The first kappa shape index (κ1) is 9.62. The van der Waals surface area contributed by atoms with Crippen LogP contribution in [0.15, 0.2) is 18.3 Å². The van der Waals surface area contributed by atoms with E-state index < -0.39 is 6.10 Å². The van der Waals surface area contributed by atoms with E-state index in [0.717, 1.165) is 30.6 Å². The van der Waals surface area contributed by atoms with E-state index in [4.69, 9.17) is 0 Å². The highest BCUT2D eigenvalue weighted by Crippen LogP contribution is 2.22. The Morgan fingerprint density at radius 3 is 3.00 bits per heavy atom. The summed E-state index contributed by atoms with van der Waals surface area (Å²) < 4.78 is 0. The Balaban J connectivity index is 2.09. The van der Waals surface area contributed by atoms with Gasteiger partial charge in [0.1, 0.15) is 0 Å². The number of aryl methyl sites for hydroxylation is 1. The van der Waals surface area contributed by atoms with E-state index in [2.05, 4.69) is 10.3 Å². The van der Waals surface area contributed by atoms with Crippen LogP contribution in [0, 0.1) is 6.92 Å². The molecule has 0 aliphatic carbocycles. The first-order valence-corrected chi connectivity index (χ1v) is 5.11. The van der Waals surface area contributed by atoms with Gasteiger partial charge in [0.25, 0.3) is 0 Å². The summed E-state index contributed by atoms with van der Waals surface area (Å²) >= 11 is 0. The normalized spacial score (nSPS) is 23.7. The van der Waals surface area contributed by atoms with Crippen LogP contribution in [0.1, 0.15) is 30.2 Å². The van der Waals surface area contributed by atoms with E-state index in [0.29, 0.717) is 0 Å². The molecule has 1 aliphatic heterocycles. The second-order valence-electron chi connectivity index (χ2n) is 3.88. The van der Waals surface area contributed by atoms with Gasteiger partial charge in [0.05, 0.1) is 6.10 Å². The highest BCUT2D eigenvalue weighted by Gasteiger charge is 2.23. The molecule has 1 aromatic heterocycles. The van der Waals surface area contributed by atoms with Crippen LogP contribution in [0.3, 0.4) is 0 Å². The van der Waals surface area contributed by atoms with E-state index >= 15 is 0 Å². The molecule has 0 amide bonds. The molecule has 0 spiro atoms. The monoisotopic (exact) mass is 192 g/mol. The molecule has 0 aromatic carbocycles. The van der Waals surface area contributed by atoms with E-state index in [-0.39, 0.29) is 6.04 Å². The van der Waals surface area contributed by atoms with Crippen molar-refractivity contribution in [1.29, 1.82) is 0 Å². The number of rotatable bonds is 2. The second-order valence-corrected chi connectivity index (χ2v) is 3.88. The van der Waals surface area contributed by atoms with Gasteiger partial charge in [-0.25, -0.2) is 0 Å². The van der Waals surface area contributed by atoms with Gasteiger partial charge < -0.3 is 10.4 Å². The molecule has 1 saturated heterocycles. The average molecular weight is 192 g/mol. The molecule has 0 bridgehead atoms. The molecule has 1 aromatic rings. The number of aromatic nitrogens is 1. The van der Waals surface area contributed by atoms with Gasteiger partial charge in [-0.2, -0.15) is 0 Å². The number of hydrogen-bond donors (Lipinski definition) is 2. The number of aliphatic hydroxyl groups excluding tert-OH is 1. The number of nitrogens with zero attached hydrogens (tertiary/aromatic N) is 1. The molecule has 2 N–H and O–H groups in total. The van der Waals surface area contributed by atoms with Crippen molar-refractivity contribution in [3.8, 4) is 0 Å². The van der Waals surface area contributed by atoms with Crippen LogP contribution in [0.25, 0.3) is 0 Å². The van der Waals surface area contributed by atoms with Crippen molar-refractivity contribution in [2.75, 3.05) is 6.54 Å². The molecule has 1 aliphatic rings. The lowest BCUT2D eigenvalue weighted by Gasteiger charge is -2.18. The maximum Gasteiger partial charge on any atom is 0.0957 e. The lowest BCUT2D eigenvalue weighted by atomic mass is 10.0. The van der Waals surface area contributed by atoms with Crippen molar-refractivity contribution in [3.63, 3.8) is 0 Å². The summed E-state index contributed by atoms with van der Waals surface area (Å²) in [6.45, 7) is 2.96. The quantitative estimate of drug-likeness (QED) is 0.739. The molecule has 1 unspecified atom stereocenters. The molecule has 14 heavy (non-hydrogen) atoms. The zero-order chi connectivity index (χ0) is 9.97. The maximum atomic E-state index is 10.0. The third-order valence-electron chi connectivity index (χ3n) is 2.76. The summed E-state index contributed by atoms with van der Waals surface area (Å²) in [5.74, 6) is 0. The third-order valence-corrected chi connectivity index (χ3v) is 2.76. The van der Waals surface area contributed by atoms with E-state index in [1.807, 2.05) is 19.1 Å². The van der Waals surface area contributed by atoms with Crippen LogP contribution < -0.4 is 5.32 Å². The summed E-state index contributed by atoms with van der Waals surface area (Å²) in [6, 6.07) is 4.10. The summed E-state index contributed by atoms with van der Waals surface area (Å²) in [4.78, 5) is 4.18. The Morgan fingerprint density at radius 2 is 2.43 bits per heavy atom. The van der Waals surface area contributed by atoms with Crippen molar-refractivity contribution in [1.82, 2.24) is 10.3 Å². The molecule has 76 valence electrons. The highest BCUT2D eigenvalue weighted by atomic mass is 16.3. The van der Waals surface area contributed by atoms with Gasteiger partial charge in [0.15, 0.2) is 0 Å². The molecule has 0 radical (unpaired) electrons.